The molecule has 30 heavy (non-hydrogen) atoms. The minimum atomic E-state index is -1.67. The first-order valence-corrected chi connectivity index (χ1v) is 14.3. The number of allylic oxidation sites excluding steroid dienone is 1. The summed E-state index contributed by atoms with van der Waals surface area (Å²) in [5.74, 6) is 0. The average molecular weight is 533 g/mol. The Morgan fingerprint density at radius 2 is 1.70 bits per heavy atom. The van der Waals surface area contributed by atoms with Crippen LogP contribution in [0.4, 0.5) is 5.69 Å². The predicted molar refractivity (Wildman–Crippen MR) is 140 cm³/mol. The lowest BCUT2D eigenvalue weighted by atomic mass is 10.0. The first-order chi connectivity index (χ1) is 14.0. The van der Waals surface area contributed by atoms with Gasteiger partial charge in [-0.2, -0.15) is 5.26 Å². The molecule has 0 aromatic heterocycles. The zero-order valence-electron chi connectivity index (χ0n) is 19.0. The fraction of sp³-hybridized carbons (Fsp3) is 0.400. The van der Waals surface area contributed by atoms with E-state index in [-0.39, 0.29) is 5.04 Å². The molecule has 2 rings (SSSR count). The van der Waals surface area contributed by atoms with E-state index in [1.807, 2.05) is 30.3 Å². The van der Waals surface area contributed by atoms with Crippen LogP contribution in [-0.2, 0) is 4.43 Å². The van der Waals surface area contributed by atoms with Gasteiger partial charge in [0, 0.05) is 29.5 Å². The van der Waals surface area contributed by atoms with Crippen LogP contribution in [-0.4, -0.2) is 28.5 Å². The van der Waals surface area contributed by atoms with Gasteiger partial charge in [0.25, 0.3) is 0 Å². The van der Waals surface area contributed by atoms with Crippen molar-refractivity contribution >= 4 is 48.2 Å². The third kappa shape index (κ3) is 6.97. The predicted octanol–water partition coefficient (Wildman–Crippen LogP) is 7.20. The molecule has 0 atom stereocenters. The van der Waals surface area contributed by atoms with Crippen LogP contribution in [0.3, 0.4) is 0 Å². The van der Waals surface area contributed by atoms with Gasteiger partial charge in [0.1, 0.15) is 0 Å². The smallest absolute Gasteiger partial charge is 0.191 e. The van der Waals surface area contributed by atoms with E-state index in [0.29, 0.717) is 5.57 Å². The molecule has 2 aromatic carbocycles. The van der Waals surface area contributed by atoms with Gasteiger partial charge >= 0.3 is 0 Å². The summed E-state index contributed by atoms with van der Waals surface area (Å²) in [5, 5.41) is 9.80. The van der Waals surface area contributed by atoms with E-state index in [4.69, 9.17) is 4.43 Å². The van der Waals surface area contributed by atoms with Crippen LogP contribution in [0.15, 0.2) is 48.5 Å². The second-order valence-corrected chi connectivity index (χ2v) is 15.2. The molecular weight excluding hydrogens is 499 g/mol. The fourth-order valence-electron chi connectivity index (χ4n) is 2.78. The van der Waals surface area contributed by atoms with Gasteiger partial charge in [-0.25, -0.2) is 0 Å². The van der Waals surface area contributed by atoms with Crippen LogP contribution in [0.2, 0.25) is 18.1 Å². The number of hydrogen-bond acceptors (Lipinski definition) is 3. The quantitative estimate of drug-likeness (QED) is 0.119. The highest BCUT2D eigenvalue weighted by molar-refractivity contribution is 14.1. The van der Waals surface area contributed by atoms with Crippen molar-refractivity contribution in [2.75, 3.05) is 25.1 Å². The molecule has 0 fully saturated rings. The summed E-state index contributed by atoms with van der Waals surface area (Å²) >= 11 is 2.27. The Hall–Kier alpha value is -1.62. The molecule has 3 nitrogen and oxygen atoms in total. The second-order valence-electron chi connectivity index (χ2n) is 9.15. The Morgan fingerprint density at radius 3 is 2.23 bits per heavy atom. The van der Waals surface area contributed by atoms with Gasteiger partial charge in [0.2, 0.25) is 0 Å². The van der Waals surface area contributed by atoms with E-state index in [0.717, 1.165) is 34.3 Å². The molecule has 0 N–H and O–H groups in total. The second kappa shape index (κ2) is 10.6. The molecule has 0 radical (unpaired) electrons. The molecule has 0 aliphatic heterocycles. The number of nitrogens with zero attached hydrogens (tertiary/aromatic N) is 2. The number of nitriles is 1. The Labute approximate surface area is 197 Å². The lowest BCUT2D eigenvalue weighted by Gasteiger charge is -2.36. The minimum Gasteiger partial charge on any atom is -0.417 e. The van der Waals surface area contributed by atoms with E-state index in [1.165, 1.54) is 5.69 Å². The van der Waals surface area contributed by atoms with E-state index < -0.39 is 8.32 Å². The Kier molecular flexibility index (Phi) is 8.71. The normalized spacial score (nSPS) is 12.5. The highest BCUT2D eigenvalue weighted by atomic mass is 127. The van der Waals surface area contributed by atoms with Crippen molar-refractivity contribution in [2.45, 2.75) is 45.3 Å². The molecule has 0 amide bonds. The van der Waals surface area contributed by atoms with Gasteiger partial charge in [-0.3, -0.25) is 0 Å². The van der Waals surface area contributed by atoms with Gasteiger partial charge in [0.15, 0.2) is 8.32 Å². The van der Waals surface area contributed by atoms with Crippen LogP contribution in [0, 0.1) is 14.9 Å². The zero-order valence-corrected chi connectivity index (χ0v) is 22.2. The van der Waals surface area contributed by atoms with Gasteiger partial charge in [-0.1, -0.05) is 45.0 Å². The van der Waals surface area contributed by atoms with Crippen LogP contribution in [0.1, 0.15) is 38.3 Å². The summed E-state index contributed by atoms with van der Waals surface area (Å²) < 4.78 is 7.44. The van der Waals surface area contributed by atoms with Gasteiger partial charge in [-0.15, -0.1) is 0 Å². The number of hydrogen-bond donors (Lipinski definition) is 0. The van der Waals surface area contributed by atoms with E-state index >= 15 is 0 Å². The topological polar surface area (TPSA) is 36.3 Å². The van der Waals surface area contributed by atoms with Gasteiger partial charge < -0.3 is 9.33 Å². The van der Waals surface area contributed by atoms with Crippen molar-refractivity contribution < 1.29 is 4.43 Å². The summed E-state index contributed by atoms with van der Waals surface area (Å²) in [7, 11) is 0.448. The standard InChI is InChI=1S/C25H33IN2OSi/c1-25(2,3)30(5,6)29-17-7-16-28(4)24-14-8-20(9-15-24)18-22(19-27)21-10-12-23(26)13-11-21/h8-15,18H,7,16-17H2,1-6H3/b22-18+. The van der Waals surface area contributed by atoms with E-state index in [9.17, 15) is 5.26 Å². The number of anilines is 1. The fourth-order valence-corrected chi connectivity index (χ4v) is 4.22. The maximum Gasteiger partial charge on any atom is 0.191 e. The molecule has 0 aliphatic rings. The number of benzene rings is 2. The maximum absolute atomic E-state index is 9.54. The van der Waals surface area contributed by atoms with Crippen molar-refractivity contribution in [2.24, 2.45) is 0 Å². The van der Waals surface area contributed by atoms with Crippen molar-refractivity contribution in [3.8, 4) is 6.07 Å². The summed E-state index contributed by atoms with van der Waals surface area (Å²) in [5.41, 5.74) is 3.83. The molecule has 0 heterocycles. The van der Waals surface area contributed by atoms with Crippen LogP contribution in [0.25, 0.3) is 11.6 Å². The van der Waals surface area contributed by atoms with Gasteiger partial charge in [-0.05, 0) is 88.6 Å². The Morgan fingerprint density at radius 1 is 1.10 bits per heavy atom. The monoisotopic (exact) mass is 532 g/mol. The summed E-state index contributed by atoms with van der Waals surface area (Å²) in [4.78, 5) is 2.26. The highest BCUT2D eigenvalue weighted by Crippen LogP contribution is 2.36. The number of halogens is 1. The first-order valence-electron chi connectivity index (χ1n) is 10.4. The molecule has 0 unspecified atom stereocenters. The molecule has 0 spiro atoms. The molecule has 0 saturated carbocycles. The van der Waals surface area contributed by atoms with Gasteiger partial charge in [0.05, 0.1) is 11.6 Å². The van der Waals surface area contributed by atoms with Crippen molar-refractivity contribution in [1.29, 1.82) is 5.26 Å². The van der Waals surface area contributed by atoms with Crippen LogP contribution < -0.4 is 4.90 Å². The van der Waals surface area contributed by atoms with Crippen molar-refractivity contribution in [3.63, 3.8) is 0 Å². The van der Waals surface area contributed by atoms with Crippen LogP contribution >= 0.6 is 22.6 Å². The SMILES string of the molecule is CN(CCCO[Si](C)(C)C(C)(C)C)c1ccc(/C=C(\C#N)c2ccc(I)cc2)cc1. The molecule has 5 heteroatoms. The minimum absolute atomic E-state index is 0.253. The van der Waals surface area contributed by atoms with Crippen molar-refractivity contribution in [1.82, 2.24) is 0 Å². The molecule has 0 bridgehead atoms. The number of rotatable bonds is 8. The third-order valence-electron chi connectivity index (χ3n) is 5.83. The van der Waals surface area contributed by atoms with Crippen LogP contribution in [0.5, 0.6) is 0 Å². The maximum atomic E-state index is 9.54. The summed E-state index contributed by atoms with van der Waals surface area (Å²) in [6.45, 7) is 13.2. The molecular formula is C25H33IN2OSi. The summed E-state index contributed by atoms with van der Waals surface area (Å²) in [6.07, 6.45) is 2.95. The first kappa shape index (κ1) is 24.6. The Balaban J connectivity index is 1.95. The highest BCUT2D eigenvalue weighted by Gasteiger charge is 2.36. The largest absolute Gasteiger partial charge is 0.417 e. The lowest BCUT2D eigenvalue weighted by molar-refractivity contribution is 0.284. The van der Waals surface area contributed by atoms with E-state index in [1.54, 1.807) is 0 Å². The average Bonchev–Trinajstić information content (AvgIpc) is 2.69. The zero-order chi connectivity index (χ0) is 22.4. The third-order valence-corrected chi connectivity index (χ3v) is 11.1. The molecule has 0 aliphatic carbocycles. The van der Waals surface area contributed by atoms with E-state index in [2.05, 4.69) is 98.7 Å². The lowest BCUT2D eigenvalue weighted by Crippen LogP contribution is -2.41. The molecule has 2 aromatic rings. The molecule has 160 valence electrons. The Bertz CT molecular complexity index is 891. The summed E-state index contributed by atoms with van der Waals surface area (Å²) in [6, 6.07) is 18.7. The van der Waals surface area contributed by atoms with Crippen molar-refractivity contribution in [3.05, 3.63) is 63.2 Å². The molecule has 0 saturated heterocycles.